The molecule has 126 valence electrons. The van der Waals surface area contributed by atoms with E-state index in [1.165, 1.54) is 5.56 Å². The van der Waals surface area contributed by atoms with E-state index < -0.39 is 0 Å². The maximum absolute atomic E-state index is 12.0. The van der Waals surface area contributed by atoms with Gasteiger partial charge in [0.2, 0.25) is 5.91 Å². The van der Waals surface area contributed by atoms with E-state index in [4.69, 9.17) is 17.3 Å². The van der Waals surface area contributed by atoms with Crippen LogP contribution in [0.1, 0.15) is 31.2 Å². The SMILES string of the molecule is Cl.N[C@@H]1CCC[C@H]1CC(=O)NCCc1c[nH]c2ccc(Cl)cc12. The summed E-state index contributed by atoms with van der Waals surface area (Å²) in [6.07, 6.45) is 6.61. The first-order valence-electron chi connectivity index (χ1n) is 7.91. The van der Waals surface area contributed by atoms with Crippen molar-refractivity contribution in [3.63, 3.8) is 0 Å². The van der Waals surface area contributed by atoms with Crippen LogP contribution in [0, 0.1) is 5.92 Å². The molecule has 23 heavy (non-hydrogen) atoms. The maximum Gasteiger partial charge on any atom is 0.220 e. The average Bonchev–Trinajstić information content (AvgIpc) is 3.06. The molecule has 4 nitrogen and oxygen atoms in total. The molecule has 0 unspecified atom stereocenters. The Bertz CT molecular complexity index is 671. The number of halogens is 2. The standard InChI is InChI=1S/C17H22ClN3O.ClH/c18-13-4-5-16-14(9-13)12(10-21-16)6-7-20-17(22)8-11-2-1-3-15(11)19;/h4-5,9-11,15,21H,1-3,6-8,19H2,(H,20,22);1H/t11-,15+;/m0./s1. The summed E-state index contributed by atoms with van der Waals surface area (Å²) in [5.74, 6) is 0.465. The first-order chi connectivity index (χ1) is 10.6. The van der Waals surface area contributed by atoms with E-state index in [2.05, 4.69) is 10.3 Å². The number of rotatable bonds is 5. The molecule has 1 aromatic carbocycles. The van der Waals surface area contributed by atoms with Crippen LogP contribution >= 0.6 is 24.0 Å². The van der Waals surface area contributed by atoms with Gasteiger partial charge in [0.15, 0.2) is 0 Å². The second-order valence-electron chi connectivity index (χ2n) is 6.16. The lowest BCUT2D eigenvalue weighted by Crippen LogP contribution is -2.32. The Balaban J connectivity index is 0.00000192. The van der Waals surface area contributed by atoms with Crippen molar-refractivity contribution in [3.8, 4) is 0 Å². The highest BCUT2D eigenvalue weighted by atomic mass is 35.5. The molecule has 1 heterocycles. The Labute approximate surface area is 147 Å². The van der Waals surface area contributed by atoms with Crippen LogP contribution in [-0.4, -0.2) is 23.5 Å². The highest BCUT2D eigenvalue weighted by Crippen LogP contribution is 2.26. The van der Waals surface area contributed by atoms with Gasteiger partial charge >= 0.3 is 0 Å². The zero-order chi connectivity index (χ0) is 15.5. The van der Waals surface area contributed by atoms with Crippen LogP contribution in [0.2, 0.25) is 5.02 Å². The minimum absolute atomic E-state index is 0. The number of hydrogen-bond donors (Lipinski definition) is 3. The number of carbonyl (C=O) groups is 1. The number of nitrogens with two attached hydrogens (primary N) is 1. The molecule has 3 rings (SSSR count). The summed E-state index contributed by atoms with van der Waals surface area (Å²) in [5, 5.41) is 4.86. The largest absolute Gasteiger partial charge is 0.361 e. The first-order valence-corrected chi connectivity index (χ1v) is 8.29. The van der Waals surface area contributed by atoms with Crippen molar-refractivity contribution >= 4 is 40.8 Å². The van der Waals surface area contributed by atoms with Gasteiger partial charge in [0.1, 0.15) is 0 Å². The van der Waals surface area contributed by atoms with E-state index in [9.17, 15) is 4.79 Å². The number of carbonyl (C=O) groups excluding carboxylic acids is 1. The quantitative estimate of drug-likeness (QED) is 0.768. The summed E-state index contributed by atoms with van der Waals surface area (Å²) in [6.45, 7) is 0.639. The van der Waals surface area contributed by atoms with E-state index in [1.807, 2.05) is 24.4 Å². The van der Waals surface area contributed by atoms with E-state index in [0.717, 1.165) is 41.6 Å². The van der Waals surface area contributed by atoms with Crippen molar-refractivity contribution in [2.75, 3.05) is 6.54 Å². The van der Waals surface area contributed by atoms with Gasteiger partial charge in [-0.25, -0.2) is 0 Å². The number of aromatic nitrogens is 1. The lowest BCUT2D eigenvalue weighted by Gasteiger charge is -2.14. The van der Waals surface area contributed by atoms with Gasteiger partial charge in [-0.15, -0.1) is 12.4 Å². The van der Waals surface area contributed by atoms with Crippen LogP contribution in [0.25, 0.3) is 10.9 Å². The van der Waals surface area contributed by atoms with Crippen molar-refractivity contribution in [1.29, 1.82) is 0 Å². The van der Waals surface area contributed by atoms with E-state index in [1.54, 1.807) is 0 Å². The minimum atomic E-state index is 0. The van der Waals surface area contributed by atoms with Crippen molar-refractivity contribution < 1.29 is 4.79 Å². The minimum Gasteiger partial charge on any atom is -0.361 e. The number of fused-ring (bicyclic) bond motifs is 1. The Morgan fingerprint density at radius 2 is 2.22 bits per heavy atom. The lowest BCUT2D eigenvalue weighted by molar-refractivity contribution is -0.122. The summed E-state index contributed by atoms with van der Waals surface area (Å²) in [4.78, 5) is 15.2. The van der Waals surface area contributed by atoms with Crippen LogP contribution in [0.5, 0.6) is 0 Å². The fraction of sp³-hybridized carbons (Fsp3) is 0.471. The zero-order valence-electron chi connectivity index (χ0n) is 13.0. The third kappa shape index (κ3) is 4.40. The monoisotopic (exact) mass is 355 g/mol. The second-order valence-corrected chi connectivity index (χ2v) is 6.60. The molecule has 1 aliphatic rings. The fourth-order valence-corrected chi connectivity index (χ4v) is 3.50. The van der Waals surface area contributed by atoms with E-state index in [0.29, 0.717) is 18.9 Å². The predicted octanol–water partition coefficient (Wildman–Crippen LogP) is 3.42. The molecule has 1 amide bonds. The molecule has 1 fully saturated rings. The summed E-state index contributed by atoms with van der Waals surface area (Å²) >= 11 is 6.05. The summed E-state index contributed by atoms with van der Waals surface area (Å²) < 4.78 is 0. The van der Waals surface area contributed by atoms with Gasteiger partial charge in [0, 0.05) is 41.1 Å². The zero-order valence-corrected chi connectivity index (χ0v) is 14.6. The average molecular weight is 356 g/mol. The van der Waals surface area contributed by atoms with Crippen molar-refractivity contribution in [1.82, 2.24) is 10.3 Å². The topological polar surface area (TPSA) is 70.9 Å². The molecule has 0 radical (unpaired) electrons. The maximum atomic E-state index is 12.0. The van der Waals surface area contributed by atoms with E-state index >= 15 is 0 Å². The normalized spacial score (nSPS) is 20.4. The molecule has 2 aromatic rings. The molecule has 1 saturated carbocycles. The van der Waals surface area contributed by atoms with Gasteiger partial charge in [-0.05, 0) is 48.9 Å². The van der Waals surface area contributed by atoms with Crippen LogP contribution in [0.3, 0.4) is 0 Å². The van der Waals surface area contributed by atoms with Crippen LogP contribution in [-0.2, 0) is 11.2 Å². The van der Waals surface area contributed by atoms with Gasteiger partial charge in [0.05, 0.1) is 0 Å². The Kier molecular flexibility index (Phi) is 6.33. The van der Waals surface area contributed by atoms with Gasteiger partial charge in [-0.2, -0.15) is 0 Å². The Hall–Kier alpha value is -1.23. The molecule has 2 atom stereocenters. The number of hydrogen-bond acceptors (Lipinski definition) is 2. The van der Waals surface area contributed by atoms with Crippen molar-refractivity contribution in [2.24, 2.45) is 11.7 Å². The summed E-state index contributed by atoms with van der Waals surface area (Å²) in [6, 6.07) is 6.00. The summed E-state index contributed by atoms with van der Waals surface area (Å²) in [7, 11) is 0. The lowest BCUT2D eigenvalue weighted by atomic mass is 10.00. The van der Waals surface area contributed by atoms with Gasteiger partial charge in [-0.1, -0.05) is 18.0 Å². The second kappa shape index (κ2) is 8.04. The molecule has 4 N–H and O–H groups in total. The molecule has 0 bridgehead atoms. The molecule has 1 aliphatic carbocycles. The number of amides is 1. The van der Waals surface area contributed by atoms with Crippen LogP contribution in [0.4, 0.5) is 0 Å². The summed E-state index contributed by atoms with van der Waals surface area (Å²) in [5.41, 5.74) is 8.26. The smallest absolute Gasteiger partial charge is 0.220 e. The molecule has 0 saturated heterocycles. The number of aromatic amines is 1. The van der Waals surface area contributed by atoms with Crippen molar-refractivity contribution in [3.05, 3.63) is 35.0 Å². The highest BCUT2D eigenvalue weighted by molar-refractivity contribution is 6.31. The van der Waals surface area contributed by atoms with E-state index in [-0.39, 0.29) is 24.4 Å². The third-order valence-electron chi connectivity index (χ3n) is 4.61. The third-order valence-corrected chi connectivity index (χ3v) is 4.85. The molecule has 6 heteroatoms. The Morgan fingerprint density at radius 1 is 1.39 bits per heavy atom. The predicted molar refractivity (Wildman–Crippen MR) is 97.2 cm³/mol. The number of benzene rings is 1. The van der Waals surface area contributed by atoms with Crippen LogP contribution in [0.15, 0.2) is 24.4 Å². The number of nitrogens with one attached hydrogen (secondary N) is 2. The molecule has 0 spiro atoms. The van der Waals surface area contributed by atoms with Gasteiger partial charge in [0.25, 0.3) is 0 Å². The van der Waals surface area contributed by atoms with Gasteiger partial charge < -0.3 is 16.0 Å². The van der Waals surface area contributed by atoms with Gasteiger partial charge in [-0.3, -0.25) is 4.79 Å². The molecule has 1 aromatic heterocycles. The molecular weight excluding hydrogens is 333 g/mol. The van der Waals surface area contributed by atoms with Crippen LogP contribution < -0.4 is 11.1 Å². The highest BCUT2D eigenvalue weighted by Gasteiger charge is 2.25. The first kappa shape index (κ1) is 18.1. The van der Waals surface area contributed by atoms with Crippen molar-refractivity contribution in [2.45, 2.75) is 38.1 Å². The Morgan fingerprint density at radius 3 is 2.96 bits per heavy atom. The molecular formula is C17H23Cl2N3O. The molecule has 0 aliphatic heterocycles. The number of H-pyrrole nitrogens is 1. The fourth-order valence-electron chi connectivity index (χ4n) is 3.32.